The monoisotopic (exact) mass is 417 g/mol. The molecule has 2 rings (SSSR count). The molecule has 0 aliphatic heterocycles. The highest BCUT2D eigenvalue weighted by Crippen LogP contribution is 2.16. The van der Waals surface area contributed by atoms with Crippen LogP contribution in [0.15, 0.2) is 59.6 Å². The summed E-state index contributed by atoms with van der Waals surface area (Å²) in [4.78, 5) is 4.62. The average molecular weight is 418 g/mol. The van der Waals surface area contributed by atoms with Gasteiger partial charge in [0.1, 0.15) is 22.2 Å². The van der Waals surface area contributed by atoms with Crippen LogP contribution in [0, 0.1) is 0 Å². The molecule has 2 aromatic carbocycles. The SMILES string of the molecule is CCNC(=NCc1cccc(OCc2ccccc2)c1)NC(C)CCS(C)(=O)=O. The van der Waals surface area contributed by atoms with Crippen LogP contribution >= 0.6 is 0 Å². The predicted molar refractivity (Wildman–Crippen MR) is 119 cm³/mol. The molecular formula is C22H31N3O3S. The van der Waals surface area contributed by atoms with Crippen LogP contribution in [-0.2, 0) is 23.0 Å². The molecule has 29 heavy (non-hydrogen) atoms. The fraction of sp³-hybridized carbons (Fsp3) is 0.409. The summed E-state index contributed by atoms with van der Waals surface area (Å²) in [5, 5.41) is 6.47. The molecule has 0 spiro atoms. The molecule has 0 radical (unpaired) electrons. The molecule has 0 saturated heterocycles. The molecule has 0 heterocycles. The first-order chi connectivity index (χ1) is 13.9. The van der Waals surface area contributed by atoms with Crippen LogP contribution in [-0.4, -0.2) is 39.0 Å². The Kier molecular flexibility index (Phi) is 8.99. The maximum absolute atomic E-state index is 11.3. The van der Waals surface area contributed by atoms with Crippen molar-refractivity contribution < 1.29 is 13.2 Å². The van der Waals surface area contributed by atoms with Crippen LogP contribution in [0.3, 0.4) is 0 Å². The van der Waals surface area contributed by atoms with Gasteiger partial charge in [0, 0.05) is 18.8 Å². The van der Waals surface area contributed by atoms with E-state index >= 15 is 0 Å². The minimum absolute atomic E-state index is 0.00284. The summed E-state index contributed by atoms with van der Waals surface area (Å²) in [5.74, 6) is 1.63. The van der Waals surface area contributed by atoms with Gasteiger partial charge in [0.25, 0.3) is 0 Å². The number of guanidine groups is 1. The Morgan fingerprint density at radius 1 is 1.10 bits per heavy atom. The van der Waals surface area contributed by atoms with Gasteiger partial charge >= 0.3 is 0 Å². The molecule has 0 bridgehead atoms. The maximum Gasteiger partial charge on any atom is 0.191 e. The standard InChI is InChI=1S/C22H31N3O3S/c1-4-23-22(25-18(2)13-14-29(3,26)27)24-16-20-11-8-12-21(15-20)28-17-19-9-6-5-7-10-19/h5-12,15,18H,4,13-14,16-17H2,1-3H3,(H2,23,24,25). The van der Waals surface area contributed by atoms with Crippen LogP contribution in [0.5, 0.6) is 5.75 Å². The topological polar surface area (TPSA) is 79.8 Å². The zero-order chi connectivity index (χ0) is 21.1. The number of rotatable bonds is 10. The summed E-state index contributed by atoms with van der Waals surface area (Å²) < 4.78 is 28.6. The minimum atomic E-state index is -2.97. The lowest BCUT2D eigenvalue weighted by atomic mass is 10.2. The fourth-order valence-electron chi connectivity index (χ4n) is 2.66. The Hall–Kier alpha value is -2.54. The molecule has 0 fully saturated rings. The summed E-state index contributed by atoms with van der Waals surface area (Å²) in [6.45, 7) is 5.70. The summed E-state index contributed by atoms with van der Waals surface area (Å²) in [6.07, 6.45) is 1.79. The molecule has 1 unspecified atom stereocenters. The highest BCUT2D eigenvalue weighted by atomic mass is 32.2. The molecule has 158 valence electrons. The fourth-order valence-corrected chi connectivity index (χ4v) is 3.44. The van der Waals surface area contributed by atoms with E-state index in [0.29, 0.717) is 25.5 Å². The zero-order valence-corrected chi connectivity index (χ0v) is 18.2. The van der Waals surface area contributed by atoms with E-state index in [0.717, 1.165) is 23.4 Å². The smallest absolute Gasteiger partial charge is 0.191 e. The van der Waals surface area contributed by atoms with Crippen molar-refractivity contribution in [1.29, 1.82) is 0 Å². The van der Waals surface area contributed by atoms with Gasteiger partial charge in [-0.15, -0.1) is 0 Å². The first-order valence-electron chi connectivity index (χ1n) is 9.84. The van der Waals surface area contributed by atoms with Crippen molar-refractivity contribution in [1.82, 2.24) is 10.6 Å². The summed E-state index contributed by atoms with van der Waals surface area (Å²) in [7, 11) is -2.97. The highest BCUT2D eigenvalue weighted by molar-refractivity contribution is 7.90. The van der Waals surface area contributed by atoms with Crippen molar-refractivity contribution in [3.63, 3.8) is 0 Å². The molecule has 2 aromatic rings. The number of sulfone groups is 1. The second kappa shape index (κ2) is 11.5. The van der Waals surface area contributed by atoms with Gasteiger partial charge in [0.2, 0.25) is 0 Å². The Bertz CT molecular complexity index is 883. The quantitative estimate of drug-likeness (QED) is 0.459. The predicted octanol–water partition coefficient (Wildman–Crippen LogP) is 3.14. The van der Waals surface area contributed by atoms with E-state index < -0.39 is 9.84 Å². The Morgan fingerprint density at radius 3 is 2.52 bits per heavy atom. The van der Waals surface area contributed by atoms with Crippen molar-refractivity contribution in [3.8, 4) is 5.75 Å². The number of nitrogens with zero attached hydrogens (tertiary/aromatic N) is 1. The first kappa shape index (κ1) is 22.7. The lowest BCUT2D eigenvalue weighted by Gasteiger charge is -2.17. The number of ether oxygens (including phenoxy) is 1. The molecule has 0 aromatic heterocycles. The van der Waals surface area contributed by atoms with Crippen molar-refractivity contribution in [3.05, 3.63) is 65.7 Å². The third kappa shape index (κ3) is 9.47. The number of nitrogens with one attached hydrogen (secondary N) is 2. The molecule has 7 heteroatoms. The first-order valence-corrected chi connectivity index (χ1v) is 11.9. The number of benzene rings is 2. The molecule has 1 atom stereocenters. The molecule has 0 aliphatic rings. The van der Waals surface area contributed by atoms with Crippen LogP contribution in [0.25, 0.3) is 0 Å². The second-order valence-corrected chi connectivity index (χ2v) is 9.34. The second-order valence-electron chi connectivity index (χ2n) is 7.08. The van der Waals surface area contributed by atoms with Gasteiger partial charge in [-0.3, -0.25) is 0 Å². The number of aliphatic imine (C=N–C) groups is 1. The van der Waals surface area contributed by atoms with Crippen molar-refractivity contribution in [2.75, 3.05) is 18.6 Å². The van der Waals surface area contributed by atoms with Gasteiger partial charge in [-0.05, 0) is 43.5 Å². The normalized spacial score (nSPS) is 13.0. The molecule has 2 N–H and O–H groups in total. The number of hydrogen-bond donors (Lipinski definition) is 2. The zero-order valence-electron chi connectivity index (χ0n) is 17.4. The van der Waals surface area contributed by atoms with Crippen LogP contribution in [0.4, 0.5) is 0 Å². The van der Waals surface area contributed by atoms with Gasteiger partial charge < -0.3 is 15.4 Å². The van der Waals surface area contributed by atoms with Gasteiger partial charge in [0.15, 0.2) is 5.96 Å². The maximum atomic E-state index is 11.3. The van der Waals surface area contributed by atoms with E-state index in [-0.39, 0.29) is 11.8 Å². The van der Waals surface area contributed by atoms with E-state index in [1.807, 2.05) is 68.4 Å². The van der Waals surface area contributed by atoms with E-state index in [4.69, 9.17) is 4.74 Å². The molecule has 6 nitrogen and oxygen atoms in total. The Morgan fingerprint density at radius 2 is 1.83 bits per heavy atom. The van der Waals surface area contributed by atoms with Gasteiger partial charge in [-0.25, -0.2) is 13.4 Å². The van der Waals surface area contributed by atoms with Crippen LogP contribution < -0.4 is 15.4 Å². The van der Waals surface area contributed by atoms with Crippen molar-refractivity contribution >= 4 is 15.8 Å². The Balaban J connectivity index is 1.94. The van der Waals surface area contributed by atoms with E-state index in [2.05, 4.69) is 15.6 Å². The highest BCUT2D eigenvalue weighted by Gasteiger charge is 2.09. The minimum Gasteiger partial charge on any atom is -0.489 e. The van der Waals surface area contributed by atoms with Crippen molar-refractivity contribution in [2.24, 2.45) is 4.99 Å². The third-order valence-electron chi connectivity index (χ3n) is 4.22. The summed E-state index contributed by atoms with van der Waals surface area (Å²) in [6, 6.07) is 17.9. The Labute approximate surface area is 174 Å². The molecule has 0 saturated carbocycles. The largest absolute Gasteiger partial charge is 0.489 e. The summed E-state index contributed by atoms with van der Waals surface area (Å²) >= 11 is 0. The summed E-state index contributed by atoms with van der Waals surface area (Å²) in [5.41, 5.74) is 2.16. The molecule has 0 aliphatic carbocycles. The molecule has 0 amide bonds. The van der Waals surface area contributed by atoms with Crippen LogP contribution in [0.2, 0.25) is 0 Å². The van der Waals surface area contributed by atoms with E-state index in [1.54, 1.807) is 0 Å². The lowest BCUT2D eigenvalue weighted by molar-refractivity contribution is 0.306. The third-order valence-corrected chi connectivity index (χ3v) is 5.19. The van der Waals surface area contributed by atoms with Crippen LogP contribution in [0.1, 0.15) is 31.4 Å². The van der Waals surface area contributed by atoms with Gasteiger partial charge in [-0.2, -0.15) is 0 Å². The van der Waals surface area contributed by atoms with Gasteiger partial charge in [0.05, 0.1) is 12.3 Å². The average Bonchev–Trinajstić information content (AvgIpc) is 2.70. The lowest BCUT2D eigenvalue weighted by Crippen LogP contribution is -2.42. The number of hydrogen-bond acceptors (Lipinski definition) is 4. The van der Waals surface area contributed by atoms with E-state index in [9.17, 15) is 8.42 Å². The molecular weight excluding hydrogens is 386 g/mol. The van der Waals surface area contributed by atoms with Gasteiger partial charge in [-0.1, -0.05) is 42.5 Å². The van der Waals surface area contributed by atoms with E-state index in [1.165, 1.54) is 6.26 Å². The van der Waals surface area contributed by atoms with Crippen molar-refractivity contribution in [2.45, 2.75) is 39.5 Å².